The third-order valence-corrected chi connectivity index (χ3v) is 2.32. The van der Waals surface area contributed by atoms with Crippen LogP contribution in [0.3, 0.4) is 0 Å². The highest BCUT2D eigenvalue weighted by atomic mass is 35.5. The van der Waals surface area contributed by atoms with Crippen LogP contribution < -0.4 is 5.73 Å². The average molecular weight is 253 g/mol. The summed E-state index contributed by atoms with van der Waals surface area (Å²) in [6.45, 7) is 7.17. The normalized spacial score (nSPS) is 12.6. The van der Waals surface area contributed by atoms with Crippen molar-refractivity contribution in [3.8, 4) is 0 Å². The maximum Gasteiger partial charge on any atom is 0.170 e. The molecule has 0 aromatic carbocycles. The molecule has 0 atom stereocenters. The topological polar surface area (TPSA) is 73.3 Å². The number of hydrogen-bond acceptors (Lipinski definition) is 4. The van der Waals surface area contributed by atoms with E-state index in [2.05, 4.69) is 16.7 Å². The fourth-order valence-electron chi connectivity index (χ4n) is 1.24. The van der Waals surface area contributed by atoms with Crippen LogP contribution in [0.25, 0.3) is 5.82 Å². The Morgan fingerprint density at radius 1 is 1.65 bits per heavy atom. The molecule has 0 aliphatic rings. The van der Waals surface area contributed by atoms with Gasteiger partial charge in [0.25, 0.3) is 0 Å². The predicted octanol–water partition coefficient (Wildman–Crippen LogP) is 1.61. The van der Waals surface area contributed by atoms with Crippen molar-refractivity contribution in [3.63, 3.8) is 0 Å². The largest absolute Gasteiger partial charge is 0.402 e. The van der Waals surface area contributed by atoms with E-state index in [0.717, 1.165) is 11.4 Å². The summed E-state index contributed by atoms with van der Waals surface area (Å²) >= 11 is 5.80. The average Bonchev–Trinajstić information content (AvgIpc) is 2.63. The molecule has 2 N–H and O–H groups in total. The number of carbonyl (C=O) groups is 1. The summed E-state index contributed by atoms with van der Waals surface area (Å²) in [4.78, 5) is 14.5. The van der Waals surface area contributed by atoms with Gasteiger partial charge in [-0.3, -0.25) is 4.79 Å². The molecule has 0 amide bonds. The first-order chi connectivity index (χ1) is 7.99. The fourth-order valence-corrected chi connectivity index (χ4v) is 1.37. The summed E-state index contributed by atoms with van der Waals surface area (Å²) in [5, 5.41) is 4.19. The molecular weight excluding hydrogens is 240 g/mol. The SMILES string of the molecule is C=C(C=O)C(Cl)=N/C(=C\N)n1nc(C)cc1C. The van der Waals surface area contributed by atoms with Crippen LogP contribution in [-0.2, 0) is 4.79 Å². The van der Waals surface area contributed by atoms with E-state index in [1.54, 1.807) is 0 Å². The Morgan fingerprint density at radius 3 is 2.71 bits per heavy atom. The molecule has 0 radical (unpaired) electrons. The molecule has 1 heterocycles. The molecule has 0 aliphatic carbocycles. The maximum atomic E-state index is 10.5. The molecule has 5 nitrogen and oxygen atoms in total. The quantitative estimate of drug-likeness (QED) is 0.503. The standard InChI is InChI=1S/C11H13ClN4O/c1-7(6-17)11(12)14-10(5-13)16-9(3)4-8(2)15-16/h4-6H,1,13H2,2-3H3/b10-5+,14-11?. The van der Waals surface area contributed by atoms with Crippen molar-refractivity contribution < 1.29 is 4.79 Å². The maximum absolute atomic E-state index is 10.5. The lowest BCUT2D eigenvalue weighted by Gasteiger charge is -2.04. The Bertz CT molecular complexity index is 514. The van der Waals surface area contributed by atoms with Crippen molar-refractivity contribution in [2.75, 3.05) is 0 Å². The van der Waals surface area contributed by atoms with Crippen molar-refractivity contribution in [1.82, 2.24) is 9.78 Å². The van der Waals surface area contributed by atoms with E-state index < -0.39 is 0 Å². The number of halogens is 1. The Labute approximate surface area is 104 Å². The Kier molecular flexibility index (Phi) is 4.23. The second-order valence-corrected chi connectivity index (χ2v) is 3.77. The van der Waals surface area contributed by atoms with Crippen molar-refractivity contribution >= 4 is 28.9 Å². The molecule has 1 aromatic rings. The first kappa shape index (κ1) is 13.2. The number of hydrogen-bond donors (Lipinski definition) is 1. The molecule has 1 aromatic heterocycles. The van der Waals surface area contributed by atoms with E-state index in [-0.39, 0.29) is 10.7 Å². The molecule has 0 aliphatic heterocycles. The van der Waals surface area contributed by atoms with Gasteiger partial charge >= 0.3 is 0 Å². The summed E-state index contributed by atoms with van der Waals surface area (Å²) in [5.74, 6) is 0.337. The van der Waals surface area contributed by atoms with Crippen LogP contribution >= 0.6 is 11.6 Å². The molecule has 0 saturated carbocycles. The van der Waals surface area contributed by atoms with Gasteiger partial charge in [-0.05, 0) is 19.9 Å². The fraction of sp³-hybridized carbons (Fsp3) is 0.182. The van der Waals surface area contributed by atoms with Crippen LogP contribution in [0.15, 0.2) is 29.4 Å². The minimum Gasteiger partial charge on any atom is -0.402 e. The first-order valence-corrected chi connectivity index (χ1v) is 5.21. The van der Waals surface area contributed by atoms with Crippen LogP contribution in [0, 0.1) is 13.8 Å². The van der Waals surface area contributed by atoms with Crippen LogP contribution in [0.4, 0.5) is 0 Å². The van der Waals surface area contributed by atoms with Gasteiger partial charge in [0, 0.05) is 17.5 Å². The van der Waals surface area contributed by atoms with E-state index in [1.165, 1.54) is 10.9 Å². The smallest absolute Gasteiger partial charge is 0.170 e. The minimum absolute atomic E-state index is 0.00995. The zero-order chi connectivity index (χ0) is 13.0. The van der Waals surface area contributed by atoms with E-state index in [9.17, 15) is 4.79 Å². The molecule has 0 unspecified atom stereocenters. The number of allylic oxidation sites excluding steroid dienone is 1. The number of carbonyl (C=O) groups excluding carboxylic acids is 1. The van der Waals surface area contributed by atoms with Gasteiger partial charge in [-0.2, -0.15) is 5.10 Å². The van der Waals surface area contributed by atoms with Crippen LogP contribution in [-0.4, -0.2) is 21.2 Å². The zero-order valence-electron chi connectivity index (χ0n) is 9.64. The lowest BCUT2D eigenvalue weighted by atomic mass is 10.4. The molecule has 90 valence electrons. The molecule has 6 heteroatoms. The lowest BCUT2D eigenvalue weighted by Crippen LogP contribution is -2.05. The second-order valence-electron chi connectivity index (χ2n) is 3.41. The highest BCUT2D eigenvalue weighted by molar-refractivity contribution is 6.71. The summed E-state index contributed by atoms with van der Waals surface area (Å²) in [5.41, 5.74) is 7.26. The monoisotopic (exact) mass is 252 g/mol. The number of aromatic nitrogens is 2. The van der Waals surface area contributed by atoms with E-state index in [1.807, 2.05) is 19.9 Å². The third kappa shape index (κ3) is 3.04. The lowest BCUT2D eigenvalue weighted by molar-refractivity contribution is -0.104. The Hall–Kier alpha value is -1.88. The van der Waals surface area contributed by atoms with Gasteiger partial charge in [-0.1, -0.05) is 18.2 Å². The van der Waals surface area contributed by atoms with Gasteiger partial charge in [-0.25, -0.2) is 9.67 Å². The molecule has 0 saturated heterocycles. The zero-order valence-corrected chi connectivity index (χ0v) is 10.4. The number of aldehydes is 1. The summed E-state index contributed by atoms with van der Waals surface area (Å²) < 4.78 is 1.54. The Morgan fingerprint density at radius 2 is 2.29 bits per heavy atom. The summed E-state index contributed by atoms with van der Waals surface area (Å²) in [7, 11) is 0. The van der Waals surface area contributed by atoms with Gasteiger partial charge in [0.15, 0.2) is 12.1 Å². The second kappa shape index (κ2) is 5.45. The van der Waals surface area contributed by atoms with Crippen molar-refractivity contribution in [2.45, 2.75) is 13.8 Å². The van der Waals surface area contributed by atoms with Gasteiger partial charge in [0.2, 0.25) is 0 Å². The molecule has 0 bridgehead atoms. The van der Waals surface area contributed by atoms with E-state index in [0.29, 0.717) is 12.1 Å². The minimum atomic E-state index is -0.00995. The van der Waals surface area contributed by atoms with Crippen molar-refractivity contribution in [1.29, 1.82) is 0 Å². The number of nitrogens with two attached hydrogens (primary N) is 1. The first-order valence-electron chi connectivity index (χ1n) is 4.83. The van der Waals surface area contributed by atoms with Crippen LogP contribution in [0.5, 0.6) is 0 Å². The molecule has 1 rings (SSSR count). The van der Waals surface area contributed by atoms with Gasteiger partial charge in [-0.15, -0.1) is 0 Å². The number of aryl methyl sites for hydroxylation is 2. The molecular formula is C11H13ClN4O. The van der Waals surface area contributed by atoms with Gasteiger partial charge in [0.1, 0.15) is 5.17 Å². The highest BCUT2D eigenvalue weighted by Gasteiger charge is 2.07. The van der Waals surface area contributed by atoms with Crippen molar-refractivity contribution in [2.24, 2.45) is 10.7 Å². The van der Waals surface area contributed by atoms with Crippen LogP contribution in [0.1, 0.15) is 11.4 Å². The molecule has 0 fully saturated rings. The summed E-state index contributed by atoms with van der Waals surface area (Å²) in [6.07, 6.45) is 1.79. The number of nitrogens with zero attached hydrogens (tertiary/aromatic N) is 3. The summed E-state index contributed by atoms with van der Waals surface area (Å²) in [6, 6.07) is 1.88. The van der Waals surface area contributed by atoms with E-state index in [4.69, 9.17) is 17.3 Å². The van der Waals surface area contributed by atoms with E-state index >= 15 is 0 Å². The number of aliphatic imine (C=N–C) groups is 1. The predicted molar refractivity (Wildman–Crippen MR) is 68.7 cm³/mol. The van der Waals surface area contributed by atoms with Crippen LogP contribution in [0.2, 0.25) is 0 Å². The third-order valence-electron chi connectivity index (χ3n) is 2.00. The van der Waals surface area contributed by atoms with Crippen molar-refractivity contribution in [3.05, 3.63) is 35.8 Å². The number of rotatable bonds is 4. The highest BCUT2D eigenvalue weighted by Crippen LogP contribution is 2.12. The Balaban J connectivity index is 3.15. The molecule has 17 heavy (non-hydrogen) atoms. The van der Waals surface area contributed by atoms with Gasteiger partial charge in [0.05, 0.1) is 5.69 Å². The molecule has 0 spiro atoms. The van der Waals surface area contributed by atoms with Gasteiger partial charge < -0.3 is 5.73 Å².